The van der Waals surface area contributed by atoms with Crippen molar-refractivity contribution in [3.05, 3.63) is 81.9 Å². The van der Waals surface area contributed by atoms with Crippen LogP contribution >= 0.6 is 0 Å². The fourth-order valence-corrected chi connectivity index (χ4v) is 6.92. The first kappa shape index (κ1) is 30.0. The number of carbonyl (C=O) groups is 2. The van der Waals surface area contributed by atoms with E-state index in [1.807, 2.05) is 48.2 Å². The monoisotopic (exact) mass is 598 g/mol. The summed E-state index contributed by atoms with van der Waals surface area (Å²) in [6.45, 7) is 9.53. The number of ether oxygens (including phenoxy) is 3. The van der Waals surface area contributed by atoms with Crippen molar-refractivity contribution in [3.8, 4) is 17.2 Å². The molecule has 8 heteroatoms. The molecule has 1 unspecified atom stereocenters. The van der Waals surface area contributed by atoms with E-state index in [4.69, 9.17) is 14.2 Å². The molecule has 3 aromatic rings. The van der Waals surface area contributed by atoms with E-state index in [-0.39, 0.29) is 25.2 Å². The third kappa shape index (κ3) is 6.00. The number of carboxylic acids is 1. The van der Waals surface area contributed by atoms with Crippen molar-refractivity contribution >= 4 is 17.6 Å². The summed E-state index contributed by atoms with van der Waals surface area (Å²) in [6.07, 6.45) is 4.02. The fraction of sp³-hybridized carbons (Fsp3) is 0.444. The molecular weight excluding hydrogens is 556 g/mol. The number of anilines is 1. The maximum Gasteiger partial charge on any atom is 0.309 e. The zero-order chi connectivity index (χ0) is 31.0. The average molecular weight is 599 g/mol. The second-order valence-electron chi connectivity index (χ2n) is 12.4. The third-order valence-corrected chi connectivity index (χ3v) is 9.34. The average Bonchev–Trinajstić information content (AvgIpc) is 3.58. The molecule has 0 bridgehead atoms. The lowest BCUT2D eigenvalue weighted by Gasteiger charge is -2.27. The molecule has 3 aliphatic rings. The molecule has 2 N–H and O–H groups in total. The lowest BCUT2D eigenvalue weighted by atomic mass is 9.81. The number of hydrogen-bond donors (Lipinski definition) is 2. The summed E-state index contributed by atoms with van der Waals surface area (Å²) in [5, 5.41) is 13.9. The number of likely N-dealkylation sites (tertiary alicyclic amines) is 1. The van der Waals surface area contributed by atoms with E-state index >= 15 is 0 Å². The minimum absolute atomic E-state index is 0.0641. The molecule has 44 heavy (non-hydrogen) atoms. The molecule has 0 aromatic heterocycles. The minimum Gasteiger partial charge on any atom is -0.493 e. The van der Waals surface area contributed by atoms with Gasteiger partial charge in [0, 0.05) is 24.2 Å². The second-order valence-corrected chi connectivity index (χ2v) is 12.4. The molecule has 0 radical (unpaired) electrons. The van der Waals surface area contributed by atoms with Crippen LogP contribution in [-0.2, 0) is 22.4 Å². The van der Waals surface area contributed by atoms with Gasteiger partial charge in [-0.1, -0.05) is 49.7 Å². The highest BCUT2D eigenvalue weighted by atomic mass is 16.7. The highest BCUT2D eigenvalue weighted by Gasteiger charge is 2.48. The van der Waals surface area contributed by atoms with E-state index < -0.39 is 17.9 Å². The van der Waals surface area contributed by atoms with Gasteiger partial charge in [0.2, 0.25) is 12.7 Å². The predicted octanol–water partition coefficient (Wildman–Crippen LogP) is 6.43. The van der Waals surface area contributed by atoms with Crippen molar-refractivity contribution in [2.24, 2.45) is 11.8 Å². The first-order valence-corrected chi connectivity index (χ1v) is 15.8. The lowest BCUT2D eigenvalue weighted by Crippen LogP contribution is -2.35. The molecule has 232 valence electrons. The first-order valence-electron chi connectivity index (χ1n) is 15.8. The number of nitrogens with one attached hydrogen (secondary N) is 1. The van der Waals surface area contributed by atoms with E-state index in [9.17, 15) is 14.7 Å². The van der Waals surface area contributed by atoms with Gasteiger partial charge in [0.25, 0.3) is 0 Å². The molecule has 1 saturated heterocycles. The SMILES string of the molecule is CCc1cc(C)cc(CC)c1NC(=O)CN1C[C@H](c2ccc3c(c2C)OCO3)C(C(=O)O)[C@@H]1c1ccc(OCC2CC2)cc1. The van der Waals surface area contributed by atoms with Gasteiger partial charge in [-0.2, -0.15) is 0 Å². The molecule has 1 amide bonds. The molecule has 2 heterocycles. The molecule has 8 nitrogen and oxygen atoms in total. The Morgan fingerprint density at radius 2 is 1.70 bits per heavy atom. The van der Waals surface area contributed by atoms with Gasteiger partial charge in [0.1, 0.15) is 5.75 Å². The van der Waals surface area contributed by atoms with Gasteiger partial charge >= 0.3 is 5.97 Å². The summed E-state index contributed by atoms with van der Waals surface area (Å²) in [7, 11) is 0. The Bertz CT molecular complexity index is 1520. The Labute approximate surface area is 259 Å². The van der Waals surface area contributed by atoms with Crippen molar-refractivity contribution in [3.63, 3.8) is 0 Å². The number of hydrogen-bond acceptors (Lipinski definition) is 6. The van der Waals surface area contributed by atoms with Gasteiger partial charge in [0.15, 0.2) is 11.5 Å². The molecule has 3 atom stereocenters. The van der Waals surface area contributed by atoms with Crippen molar-refractivity contribution in [1.29, 1.82) is 0 Å². The number of aryl methyl sites for hydroxylation is 3. The van der Waals surface area contributed by atoms with Crippen LogP contribution in [0.4, 0.5) is 5.69 Å². The molecule has 1 aliphatic carbocycles. The fourth-order valence-electron chi connectivity index (χ4n) is 6.92. The molecular formula is C36H42N2O6. The van der Waals surface area contributed by atoms with Crippen LogP contribution in [0.25, 0.3) is 0 Å². The van der Waals surface area contributed by atoms with E-state index in [2.05, 4.69) is 38.2 Å². The second kappa shape index (κ2) is 12.5. The maximum atomic E-state index is 13.8. The standard InChI is InChI=1S/C36H42N2O6/c1-5-24-15-21(3)16-25(6-2)33(24)37-31(39)18-38-17-29(28-13-14-30-35(22(28)4)44-20-43-30)32(36(40)41)34(38)26-9-11-27(12-10-26)42-19-23-7-8-23/h9-16,23,29,32,34H,5-8,17-20H2,1-4H3,(H,37,39)(H,40,41)/t29-,32?,34+/m1/s1. The van der Waals surface area contributed by atoms with E-state index in [1.54, 1.807) is 0 Å². The molecule has 3 aromatic carbocycles. The quantitative estimate of drug-likeness (QED) is 0.263. The highest BCUT2D eigenvalue weighted by Crippen LogP contribution is 2.49. The summed E-state index contributed by atoms with van der Waals surface area (Å²) in [5.74, 6) is 0.553. The van der Waals surface area contributed by atoms with Crippen LogP contribution in [0.2, 0.25) is 0 Å². The number of nitrogens with zero attached hydrogens (tertiary/aromatic N) is 1. The summed E-state index contributed by atoms with van der Waals surface area (Å²) < 4.78 is 17.3. The Kier molecular flexibility index (Phi) is 8.54. The van der Waals surface area contributed by atoms with Crippen molar-refractivity contribution < 1.29 is 28.9 Å². The van der Waals surface area contributed by atoms with Crippen LogP contribution in [-0.4, -0.2) is 48.4 Å². The topological polar surface area (TPSA) is 97.3 Å². The van der Waals surface area contributed by atoms with Crippen molar-refractivity contribution in [2.75, 3.05) is 31.8 Å². The van der Waals surface area contributed by atoms with Crippen LogP contribution < -0.4 is 19.5 Å². The summed E-state index contributed by atoms with van der Waals surface area (Å²) in [6, 6.07) is 15.3. The van der Waals surface area contributed by atoms with Crippen LogP contribution in [0.5, 0.6) is 17.2 Å². The number of amides is 1. The summed E-state index contributed by atoms with van der Waals surface area (Å²) in [5.41, 5.74) is 6.88. The van der Waals surface area contributed by atoms with Gasteiger partial charge < -0.3 is 24.6 Å². The summed E-state index contributed by atoms with van der Waals surface area (Å²) >= 11 is 0. The maximum absolute atomic E-state index is 13.8. The van der Waals surface area contributed by atoms with Crippen LogP contribution in [0.15, 0.2) is 48.5 Å². The third-order valence-electron chi connectivity index (χ3n) is 9.34. The van der Waals surface area contributed by atoms with Gasteiger partial charge in [-0.05, 0) is 91.5 Å². The number of fused-ring (bicyclic) bond motifs is 1. The summed E-state index contributed by atoms with van der Waals surface area (Å²) in [4.78, 5) is 28.9. The van der Waals surface area contributed by atoms with Gasteiger partial charge in [-0.25, -0.2) is 0 Å². The number of carbonyl (C=O) groups excluding carboxylic acids is 1. The van der Waals surface area contributed by atoms with Crippen molar-refractivity contribution in [1.82, 2.24) is 4.90 Å². The van der Waals surface area contributed by atoms with Crippen LogP contribution in [0.3, 0.4) is 0 Å². The Morgan fingerprint density at radius 1 is 1.00 bits per heavy atom. The van der Waals surface area contributed by atoms with Gasteiger partial charge in [-0.3, -0.25) is 14.5 Å². The van der Waals surface area contributed by atoms with Crippen LogP contribution in [0, 0.1) is 25.7 Å². The lowest BCUT2D eigenvalue weighted by molar-refractivity contribution is -0.143. The zero-order valence-electron chi connectivity index (χ0n) is 26.0. The van der Waals surface area contributed by atoms with E-state index in [0.29, 0.717) is 30.6 Å². The smallest absolute Gasteiger partial charge is 0.309 e. The Hall–Kier alpha value is -4.04. The van der Waals surface area contributed by atoms with E-state index in [0.717, 1.165) is 52.1 Å². The molecule has 6 rings (SSSR count). The van der Waals surface area contributed by atoms with E-state index in [1.165, 1.54) is 18.4 Å². The molecule has 2 fully saturated rings. The number of rotatable bonds is 11. The Balaban J connectivity index is 1.33. The largest absolute Gasteiger partial charge is 0.493 e. The van der Waals surface area contributed by atoms with Gasteiger partial charge in [-0.15, -0.1) is 0 Å². The minimum atomic E-state index is -0.894. The van der Waals surface area contributed by atoms with Crippen LogP contribution in [0.1, 0.15) is 72.0 Å². The van der Waals surface area contributed by atoms with Crippen molar-refractivity contribution in [2.45, 2.75) is 65.3 Å². The Morgan fingerprint density at radius 3 is 2.34 bits per heavy atom. The normalized spacial score (nSPS) is 21.0. The number of carboxylic acid groups (broad SMARTS) is 1. The highest BCUT2D eigenvalue weighted by molar-refractivity contribution is 5.94. The first-order chi connectivity index (χ1) is 21.3. The molecule has 0 spiro atoms. The molecule has 1 saturated carbocycles. The van der Waals surface area contributed by atoms with Gasteiger partial charge in [0.05, 0.1) is 19.1 Å². The zero-order valence-corrected chi connectivity index (χ0v) is 26.0. The molecule has 2 aliphatic heterocycles. The predicted molar refractivity (Wildman–Crippen MR) is 169 cm³/mol. The number of benzene rings is 3. The number of aliphatic carboxylic acids is 1.